The molecule has 0 saturated carbocycles. The van der Waals surface area contributed by atoms with Crippen LogP contribution in [0.5, 0.6) is 5.75 Å². The number of hydrogen-bond donors (Lipinski definition) is 2. The lowest BCUT2D eigenvalue weighted by atomic mass is 10.2. The van der Waals surface area contributed by atoms with Crippen molar-refractivity contribution in [2.75, 3.05) is 19.0 Å². The molecule has 31 heavy (non-hydrogen) atoms. The number of fused-ring (bicyclic) bond motifs is 1. The molecule has 0 spiro atoms. The van der Waals surface area contributed by atoms with E-state index in [9.17, 15) is 9.59 Å². The zero-order valence-corrected chi connectivity index (χ0v) is 18.0. The molecule has 0 atom stereocenters. The first-order valence-corrected chi connectivity index (χ1v) is 10.4. The van der Waals surface area contributed by atoms with Crippen LogP contribution in [-0.2, 0) is 17.6 Å². The molecule has 0 fully saturated rings. The van der Waals surface area contributed by atoms with Crippen molar-refractivity contribution >= 4 is 17.5 Å². The normalized spacial score (nSPS) is 12.4. The first-order chi connectivity index (χ1) is 15.0. The van der Waals surface area contributed by atoms with Crippen molar-refractivity contribution in [3.05, 3.63) is 70.5 Å². The summed E-state index contributed by atoms with van der Waals surface area (Å²) in [6.07, 6.45) is 2.70. The number of nitrogens with one attached hydrogen (secondary N) is 2. The molecule has 0 bridgehead atoms. The van der Waals surface area contributed by atoms with Crippen LogP contribution in [0.3, 0.4) is 0 Å². The monoisotopic (exact) mass is 418 g/mol. The number of carbonyl (C=O) groups is 2. The highest BCUT2D eigenvalue weighted by atomic mass is 16.5. The SMILES string of the molecule is COc1ccc(C)cc1NC(=O)CNC(=O)c1nn(-c2ccc(C)cc2)c2c1CCC2. The third-order valence-corrected chi connectivity index (χ3v) is 5.46. The van der Waals surface area contributed by atoms with Crippen LogP contribution in [0.4, 0.5) is 5.69 Å². The van der Waals surface area contributed by atoms with Crippen LogP contribution in [0, 0.1) is 13.8 Å². The number of rotatable bonds is 6. The highest BCUT2D eigenvalue weighted by Gasteiger charge is 2.27. The third kappa shape index (κ3) is 4.30. The number of carbonyl (C=O) groups excluding carboxylic acids is 2. The van der Waals surface area contributed by atoms with Crippen LogP contribution in [0.1, 0.15) is 39.3 Å². The van der Waals surface area contributed by atoms with Crippen molar-refractivity contribution in [2.24, 2.45) is 0 Å². The Morgan fingerprint density at radius 1 is 1.06 bits per heavy atom. The summed E-state index contributed by atoms with van der Waals surface area (Å²) in [5, 5.41) is 10.1. The average molecular weight is 418 g/mol. The fourth-order valence-electron chi connectivity index (χ4n) is 3.88. The minimum Gasteiger partial charge on any atom is -0.495 e. The number of ether oxygens (including phenoxy) is 1. The molecular weight excluding hydrogens is 392 g/mol. The van der Waals surface area contributed by atoms with Gasteiger partial charge in [-0.1, -0.05) is 23.8 Å². The van der Waals surface area contributed by atoms with Crippen molar-refractivity contribution < 1.29 is 14.3 Å². The quantitative estimate of drug-likeness (QED) is 0.643. The van der Waals surface area contributed by atoms with Crippen LogP contribution >= 0.6 is 0 Å². The maximum Gasteiger partial charge on any atom is 0.272 e. The Balaban J connectivity index is 1.47. The number of hydrogen-bond acceptors (Lipinski definition) is 4. The van der Waals surface area contributed by atoms with Crippen LogP contribution in [0.15, 0.2) is 42.5 Å². The van der Waals surface area contributed by atoms with E-state index in [1.54, 1.807) is 13.2 Å². The number of methoxy groups -OCH3 is 1. The van der Waals surface area contributed by atoms with Crippen LogP contribution in [-0.4, -0.2) is 35.2 Å². The van der Waals surface area contributed by atoms with Gasteiger partial charge in [0.05, 0.1) is 25.0 Å². The molecule has 2 amide bonds. The Hall–Kier alpha value is -3.61. The van der Waals surface area contributed by atoms with Crippen molar-refractivity contribution in [3.63, 3.8) is 0 Å². The summed E-state index contributed by atoms with van der Waals surface area (Å²) in [6, 6.07) is 13.6. The van der Waals surface area contributed by atoms with E-state index in [0.29, 0.717) is 17.1 Å². The Labute approximate surface area is 181 Å². The number of aryl methyl sites for hydroxylation is 2. The highest BCUT2D eigenvalue weighted by molar-refractivity contribution is 5.99. The molecule has 3 aromatic rings. The Kier molecular flexibility index (Phi) is 5.75. The van der Waals surface area contributed by atoms with Crippen LogP contribution in [0.25, 0.3) is 5.69 Å². The Morgan fingerprint density at radius 3 is 2.55 bits per heavy atom. The van der Waals surface area contributed by atoms with E-state index in [2.05, 4.69) is 15.7 Å². The molecule has 2 aromatic carbocycles. The molecule has 1 aliphatic carbocycles. The second-order valence-corrected chi connectivity index (χ2v) is 7.81. The van der Waals surface area contributed by atoms with Gasteiger partial charge in [0.1, 0.15) is 5.75 Å². The summed E-state index contributed by atoms with van der Waals surface area (Å²) in [5.74, 6) is -0.0952. The second kappa shape index (κ2) is 8.63. The number of aromatic nitrogens is 2. The molecular formula is C24H26N4O3. The molecule has 1 aromatic heterocycles. The fraction of sp³-hybridized carbons (Fsp3) is 0.292. The topological polar surface area (TPSA) is 85.2 Å². The van der Waals surface area contributed by atoms with Gasteiger partial charge in [-0.2, -0.15) is 5.10 Å². The smallest absolute Gasteiger partial charge is 0.272 e. The van der Waals surface area contributed by atoms with Gasteiger partial charge in [0.15, 0.2) is 5.69 Å². The first kappa shape index (κ1) is 20.7. The maximum absolute atomic E-state index is 12.8. The summed E-state index contributed by atoms with van der Waals surface area (Å²) in [6.45, 7) is 3.82. The molecule has 0 aliphatic heterocycles. The summed E-state index contributed by atoms with van der Waals surface area (Å²) in [4.78, 5) is 25.3. The largest absolute Gasteiger partial charge is 0.495 e. The molecule has 160 valence electrons. The van der Waals surface area contributed by atoms with Crippen molar-refractivity contribution in [1.29, 1.82) is 0 Å². The van der Waals surface area contributed by atoms with Gasteiger partial charge in [-0.05, 0) is 62.9 Å². The zero-order chi connectivity index (χ0) is 22.0. The van der Waals surface area contributed by atoms with E-state index < -0.39 is 0 Å². The van der Waals surface area contributed by atoms with E-state index >= 15 is 0 Å². The predicted molar refractivity (Wildman–Crippen MR) is 119 cm³/mol. The maximum atomic E-state index is 12.8. The Morgan fingerprint density at radius 2 is 1.81 bits per heavy atom. The second-order valence-electron chi connectivity index (χ2n) is 7.81. The number of anilines is 1. The predicted octanol–water partition coefficient (Wildman–Crippen LogP) is 3.35. The van der Waals surface area contributed by atoms with Crippen molar-refractivity contribution in [1.82, 2.24) is 15.1 Å². The Bertz CT molecular complexity index is 1130. The van der Waals surface area contributed by atoms with E-state index in [-0.39, 0.29) is 18.4 Å². The highest BCUT2D eigenvalue weighted by Crippen LogP contribution is 2.28. The third-order valence-electron chi connectivity index (χ3n) is 5.46. The first-order valence-electron chi connectivity index (χ1n) is 10.4. The van der Waals surface area contributed by atoms with Gasteiger partial charge in [0.25, 0.3) is 5.91 Å². The van der Waals surface area contributed by atoms with Gasteiger partial charge in [0, 0.05) is 11.3 Å². The molecule has 7 nitrogen and oxygen atoms in total. The van der Waals surface area contributed by atoms with E-state index in [4.69, 9.17) is 4.74 Å². The van der Waals surface area contributed by atoms with Gasteiger partial charge in [-0.25, -0.2) is 4.68 Å². The molecule has 0 unspecified atom stereocenters. The summed E-state index contributed by atoms with van der Waals surface area (Å²) in [5.41, 5.74) is 6.12. The zero-order valence-electron chi connectivity index (χ0n) is 18.0. The van der Waals surface area contributed by atoms with Gasteiger partial charge in [-0.3, -0.25) is 9.59 Å². The molecule has 7 heteroatoms. The van der Waals surface area contributed by atoms with Crippen molar-refractivity contribution in [3.8, 4) is 11.4 Å². The standard InChI is InChI=1S/C24H26N4O3/c1-15-7-10-17(11-8-15)28-20-6-4-5-18(20)23(27-28)24(30)25-14-22(29)26-19-13-16(2)9-12-21(19)31-3/h7-13H,4-6,14H2,1-3H3,(H,25,30)(H,26,29). The van der Waals surface area contributed by atoms with Crippen LogP contribution < -0.4 is 15.4 Å². The fourth-order valence-corrected chi connectivity index (χ4v) is 3.88. The summed E-state index contributed by atoms with van der Waals surface area (Å²) >= 11 is 0. The lowest BCUT2D eigenvalue weighted by Gasteiger charge is -2.11. The molecule has 1 heterocycles. The average Bonchev–Trinajstić information content (AvgIpc) is 3.36. The van der Waals surface area contributed by atoms with E-state index in [1.807, 2.05) is 54.9 Å². The van der Waals surface area contributed by atoms with Gasteiger partial charge >= 0.3 is 0 Å². The summed E-state index contributed by atoms with van der Waals surface area (Å²) in [7, 11) is 1.55. The minimum absolute atomic E-state index is 0.151. The number of benzene rings is 2. The molecule has 2 N–H and O–H groups in total. The summed E-state index contributed by atoms with van der Waals surface area (Å²) < 4.78 is 7.14. The van der Waals surface area contributed by atoms with Gasteiger partial charge in [-0.15, -0.1) is 0 Å². The van der Waals surface area contributed by atoms with E-state index in [1.165, 1.54) is 5.56 Å². The number of nitrogens with zero attached hydrogens (tertiary/aromatic N) is 2. The van der Waals surface area contributed by atoms with E-state index in [0.717, 1.165) is 41.8 Å². The van der Waals surface area contributed by atoms with Gasteiger partial charge in [0.2, 0.25) is 5.91 Å². The van der Waals surface area contributed by atoms with Crippen LogP contribution in [0.2, 0.25) is 0 Å². The lowest BCUT2D eigenvalue weighted by molar-refractivity contribution is -0.115. The molecule has 0 radical (unpaired) electrons. The molecule has 0 saturated heterocycles. The minimum atomic E-state index is -0.338. The molecule has 1 aliphatic rings. The van der Waals surface area contributed by atoms with Gasteiger partial charge < -0.3 is 15.4 Å². The molecule has 4 rings (SSSR count). The van der Waals surface area contributed by atoms with Crippen molar-refractivity contribution in [2.45, 2.75) is 33.1 Å². The number of amides is 2. The lowest BCUT2D eigenvalue weighted by Crippen LogP contribution is -2.33.